The summed E-state index contributed by atoms with van der Waals surface area (Å²) < 4.78 is 0. The fourth-order valence-corrected chi connectivity index (χ4v) is 2.22. The highest BCUT2D eigenvalue weighted by molar-refractivity contribution is 5.78. The Morgan fingerprint density at radius 3 is 2.41 bits per heavy atom. The standard InChI is InChI=1S/C13H27N3O/c1-4-7-16(13(2,3)11-14)10-12(17)15-8-5-6-9-15/h4-11,14H2,1-3H3. The first-order valence-electron chi connectivity index (χ1n) is 6.74. The smallest absolute Gasteiger partial charge is 0.236 e. The van der Waals surface area contributed by atoms with Gasteiger partial charge in [0.25, 0.3) is 0 Å². The molecule has 0 spiro atoms. The second kappa shape index (κ2) is 6.36. The van der Waals surface area contributed by atoms with Crippen LogP contribution in [0, 0.1) is 0 Å². The predicted octanol–water partition coefficient (Wildman–Crippen LogP) is 1.06. The van der Waals surface area contributed by atoms with Gasteiger partial charge in [0.1, 0.15) is 0 Å². The zero-order chi connectivity index (χ0) is 12.9. The Hall–Kier alpha value is -0.610. The van der Waals surface area contributed by atoms with E-state index in [-0.39, 0.29) is 11.4 Å². The molecule has 4 heteroatoms. The molecule has 0 aromatic rings. The van der Waals surface area contributed by atoms with Crippen molar-refractivity contribution < 1.29 is 4.79 Å². The maximum absolute atomic E-state index is 12.1. The van der Waals surface area contributed by atoms with Gasteiger partial charge >= 0.3 is 0 Å². The molecule has 0 aliphatic carbocycles. The molecule has 0 unspecified atom stereocenters. The van der Waals surface area contributed by atoms with Crippen LogP contribution in [0.3, 0.4) is 0 Å². The molecule has 1 amide bonds. The van der Waals surface area contributed by atoms with Gasteiger partial charge in [-0.25, -0.2) is 0 Å². The van der Waals surface area contributed by atoms with Crippen LogP contribution in [0.4, 0.5) is 0 Å². The van der Waals surface area contributed by atoms with E-state index in [9.17, 15) is 4.79 Å². The normalized spacial score (nSPS) is 16.9. The molecule has 1 fully saturated rings. The number of carbonyl (C=O) groups excluding carboxylic acids is 1. The summed E-state index contributed by atoms with van der Waals surface area (Å²) in [5, 5.41) is 0. The molecule has 1 rings (SSSR count). The first-order valence-corrected chi connectivity index (χ1v) is 6.74. The van der Waals surface area contributed by atoms with E-state index in [4.69, 9.17) is 5.73 Å². The number of carbonyl (C=O) groups is 1. The lowest BCUT2D eigenvalue weighted by Crippen LogP contribution is -2.53. The van der Waals surface area contributed by atoms with Crippen LogP contribution in [-0.4, -0.2) is 54.0 Å². The molecule has 1 heterocycles. The summed E-state index contributed by atoms with van der Waals surface area (Å²) in [6.07, 6.45) is 3.36. The predicted molar refractivity (Wildman–Crippen MR) is 70.8 cm³/mol. The van der Waals surface area contributed by atoms with Crippen molar-refractivity contribution in [3.05, 3.63) is 0 Å². The fraction of sp³-hybridized carbons (Fsp3) is 0.923. The van der Waals surface area contributed by atoms with Crippen LogP contribution in [0.2, 0.25) is 0 Å². The van der Waals surface area contributed by atoms with Crippen LogP contribution < -0.4 is 5.73 Å². The maximum atomic E-state index is 12.1. The van der Waals surface area contributed by atoms with Gasteiger partial charge in [0.2, 0.25) is 5.91 Å². The van der Waals surface area contributed by atoms with Gasteiger partial charge in [0.05, 0.1) is 6.54 Å². The minimum absolute atomic E-state index is 0.0919. The molecule has 0 atom stereocenters. The Bertz CT molecular complexity index is 247. The average molecular weight is 241 g/mol. The van der Waals surface area contributed by atoms with E-state index in [1.807, 2.05) is 4.90 Å². The Morgan fingerprint density at radius 1 is 1.35 bits per heavy atom. The molecular formula is C13H27N3O. The molecule has 2 N–H and O–H groups in total. The third-order valence-electron chi connectivity index (χ3n) is 3.63. The van der Waals surface area contributed by atoms with Crippen molar-refractivity contribution in [2.24, 2.45) is 5.73 Å². The maximum Gasteiger partial charge on any atom is 0.236 e. The molecular weight excluding hydrogens is 214 g/mol. The van der Waals surface area contributed by atoms with Crippen molar-refractivity contribution in [2.45, 2.75) is 45.6 Å². The first-order chi connectivity index (χ1) is 8.01. The van der Waals surface area contributed by atoms with Gasteiger partial charge in [-0.05, 0) is 39.7 Å². The van der Waals surface area contributed by atoms with Gasteiger partial charge in [0, 0.05) is 25.2 Å². The molecule has 1 saturated heterocycles. The summed E-state index contributed by atoms with van der Waals surface area (Å²) in [5.74, 6) is 0.262. The summed E-state index contributed by atoms with van der Waals surface area (Å²) in [6, 6.07) is 0. The van der Waals surface area contributed by atoms with Crippen LogP contribution in [0.1, 0.15) is 40.0 Å². The van der Waals surface area contributed by atoms with Gasteiger partial charge in [-0.1, -0.05) is 6.92 Å². The van der Waals surface area contributed by atoms with Crippen molar-refractivity contribution >= 4 is 5.91 Å². The molecule has 1 aliphatic heterocycles. The molecule has 100 valence electrons. The van der Waals surface area contributed by atoms with Crippen LogP contribution in [0.15, 0.2) is 0 Å². The highest BCUT2D eigenvalue weighted by Gasteiger charge is 2.28. The minimum atomic E-state index is -0.0919. The average Bonchev–Trinajstić information content (AvgIpc) is 2.81. The van der Waals surface area contributed by atoms with E-state index in [1.165, 1.54) is 0 Å². The lowest BCUT2D eigenvalue weighted by molar-refractivity contribution is -0.132. The van der Waals surface area contributed by atoms with Crippen LogP contribution in [0.5, 0.6) is 0 Å². The monoisotopic (exact) mass is 241 g/mol. The zero-order valence-electron chi connectivity index (χ0n) is 11.5. The highest BCUT2D eigenvalue weighted by Crippen LogP contribution is 2.15. The van der Waals surface area contributed by atoms with Gasteiger partial charge < -0.3 is 10.6 Å². The summed E-state index contributed by atoms with van der Waals surface area (Å²) >= 11 is 0. The lowest BCUT2D eigenvalue weighted by Gasteiger charge is -2.37. The van der Waals surface area contributed by atoms with Crippen molar-refractivity contribution in [2.75, 3.05) is 32.7 Å². The number of hydrogen-bond donors (Lipinski definition) is 1. The lowest BCUT2D eigenvalue weighted by atomic mass is 10.0. The minimum Gasteiger partial charge on any atom is -0.342 e. The number of rotatable bonds is 6. The van der Waals surface area contributed by atoms with Gasteiger partial charge in [-0.15, -0.1) is 0 Å². The van der Waals surface area contributed by atoms with E-state index in [0.717, 1.165) is 38.9 Å². The Kier molecular flexibility index (Phi) is 5.40. The van der Waals surface area contributed by atoms with Crippen molar-refractivity contribution in [1.82, 2.24) is 9.80 Å². The highest BCUT2D eigenvalue weighted by atomic mass is 16.2. The van der Waals surface area contributed by atoms with Gasteiger partial charge in [-0.2, -0.15) is 0 Å². The molecule has 0 saturated carbocycles. The third-order valence-corrected chi connectivity index (χ3v) is 3.63. The van der Waals surface area contributed by atoms with Crippen molar-refractivity contribution in [3.8, 4) is 0 Å². The fourth-order valence-electron chi connectivity index (χ4n) is 2.22. The molecule has 4 nitrogen and oxygen atoms in total. The summed E-state index contributed by atoms with van der Waals surface area (Å²) in [5.41, 5.74) is 5.71. The quantitative estimate of drug-likeness (QED) is 0.756. The van der Waals surface area contributed by atoms with Crippen LogP contribution in [0.25, 0.3) is 0 Å². The molecule has 0 radical (unpaired) electrons. The van der Waals surface area contributed by atoms with Gasteiger partial charge in [0.15, 0.2) is 0 Å². The second-order valence-corrected chi connectivity index (χ2v) is 5.53. The van der Waals surface area contributed by atoms with Crippen LogP contribution in [-0.2, 0) is 4.79 Å². The summed E-state index contributed by atoms with van der Waals surface area (Å²) in [7, 11) is 0. The Labute approximate surface area is 105 Å². The third kappa shape index (κ3) is 3.96. The summed E-state index contributed by atoms with van der Waals surface area (Å²) in [6.45, 7) is 10.3. The zero-order valence-corrected chi connectivity index (χ0v) is 11.5. The number of likely N-dealkylation sites (tertiary alicyclic amines) is 1. The topological polar surface area (TPSA) is 49.6 Å². The van der Waals surface area contributed by atoms with E-state index < -0.39 is 0 Å². The van der Waals surface area contributed by atoms with E-state index in [1.54, 1.807) is 0 Å². The molecule has 0 aromatic carbocycles. The van der Waals surface area contributed by atoms with Crippen molar-refractivity contribution in [3.63, 3.8) is 0 Å². The Balaban J connectivity index is 2.56. The van der Waals surface area contributed by atoms with Gasteiger partial charge in [-0.3, -0.25) is 9.69 Å². The summed E-state index contributed by atoms with van der Waals surface area (Å²) in [4.78, 5) is 16.3. The van der Waals surface area contributed by atoms with E-state index in [2.05, 4.69) is 25.7 Å². The van der Waals surface area contributed by atoms with E-state index in [0.29, 0.717) is 13.1 Å². The molecule has 0 aromatic heterocycles. The second-order valence-electron chi connectivity index (χ2n) is 5.53. The Morgan fingerprint density at radius 2 is 1.94 bits per heavy atom. The first kappa shape index (κ1) is 14.5. The molecule has 1 aliphatic rings. The number of hydrogen-bond acceptors (Lipinski definition) is 3. The van der Waals surface area contributed by atoms with Crippen LogP contribution >= 0.6 is 0 Å². The number of nitrogens with two attached hydrogens (primary N) is 1. The van der Waals surface area contributed by atoms with E-state index >= 15 is 0 Å². The number of amides is 1. The van der Waals surface area contributed by atoms with Crippen molar-refractivity contribution in [1.29, 1.82) is 0 Å². The molecule has 0 bridgehead atoms. The SMILES string of the molecule is CCCN(CC(=O)N1CCCC1)C(C)(C)CN. The molecule has 17 heavy (non-hydrogen) atoms. The largest absolute Gasteiger partial charge is 0.342 e. The number of nitrogens with zero attached hydrogens (tertiary/aromatic N) is 2.